The van der Waals surface area contributed by atoms with Crippen LogP contribution in [0.1, 0.15) is 48.5 Å². The van der Waals surface area contributed by atoms with E-state index in [1.165, 1.54) is 24.8 Å². The fraction of sp³-hybridized carbons (Fsp3) is 0.346. The fourth-order valence-electron chi connectivity index (χ4n) is 4.00. The minimum absolute atomic E-state index is 0.0381. The van der Waals surface area contributed by atoms with E-state index in [0.717, 1.165) is 43.0 Å². The van der Waals surface area contributed by atoms with Gasteiger partial charge in [-0.05, 0) is 56.7 Å². The number of hydrogen-bond acceptors (Lipinski definition) is 4. The first-order valence-corrected chi connectivity index (χ1v) is 11.2. The lowest BCUT2D eigenvalue weighted by molar-refractivity contribution is 0.0938. The smallest absolute Gasteiger partial charge is 0.251 e. The number of rotatable bonds is 7. The maximum Gasteiger partial charge on any atom is 0.251 e. The molecule has 1 fully saturated rings. The second kappa shape index (κ2) is 10.2. The van der Waals surface area contributed by atoms with Crippen molar-refractivity contribution in [2.75, 3.05) is 18.0 Å². The first-order valence-electron chi connectivity index (χ1n) is 11.2. The molecule has 0 spiro atoms. The topological polar surface area (TPSA) is 58.1 Å². The summed E-state index contributed by atoms with van der Waals surface area (Å²) in [7, 11) is 0. The van der Waals surface area contributed by atoms with Crippen LogP contribution >= 0.6 is 0 Å². The molecule has 1 N–H and O–H groups in total. The second-order valence-electron chi connectivity index (χ2n) is 8.29. The predicted octanol–water partition coefficient (Wildman–Crippen LogP) is 4.89. The summed E-state index contributed by atoms with van der Waals surface area (Å²) in [5.41, 5.74) is 3.84. The molecule has 1 atom stereocenters. The summed E-state index contributed by atoms with van der Waals surface area (Å²) in [6.07, 6.45) is 7.22. The van der Waals surface area contributed by atoms with Gasteiger partial charge in [-0.3, -0.25) is 4.79 Å². The average molecular weight is 415 g/mol. The van der Waals surface area contributed by atoms with Gasteiger partial charge in [0.05, 0.1) is 5.69 Å². The van der Waals surface area contributed by atoms with Crippen LogP contribution in [0.4, 0.5) is 5.82 Å². The summed E-state index contributed by atoms with van der Waals surface area (Å²) in [4.78, 5) is 23.9. The van der Waals surface area contributed by atoms with Crippen LogP contribution in [0.2, 0.25) is 0 Å². The van der Waals surface area contributed by atoms with Gasteiger partial charge in [0, 0.05) is 36.3 Å². The fourth-order valence-corrected chi connectivity index (χ4v) is 4.00. The van der Waals surface area contributed by atoms with Gasteiger partial charge in [-0.2, -0.15) is 0 Å². The predicted molar refractivity (Wildman–Crippen MR) is 125 cm³/mol. The number of hydrogen-bond donors (Lipinski definition) is 1. The van der Waals surface area contributed by atoms with Crippen LogP contribution in [0.25, 0.3) is 11.3 Å². The van der Waals surface area contributed by atoms with E-state index in [0.29, 0.717) is 5.56 Å². The monoisotopic (exact) mass is 414 g/mol. The molecule has 5 nitrogen and oxygen atoms in total. The van der Waals surface area contributed by atoms with E-state index in [-0.39, 0.29) is 11.9 Å². The molecule has 2 aromatic carbocycles. The Morgan fingerprint density at radius 3 is 2.48 bits per heavy atom. The number of anilines is 1. The molecule has 1 unspecified atom stereocenters. The molecule has 0 saturated carbocycles. The van der Waals surface area contributed by atoms with E-state index in [2.05, 4.69) is 39.2 Å². The van der Waals surface area contributed by atoms with E-state index in [1.54, 1.807) is 6.33 Å². The van der Waals surface area contributed by atoms with Crippen LogP contribution in [0, 0.1) is 0 Å². The number of benzene rings is 2. The van der Waals surface area contributed by atoms with Crippen LogP contribution in [-0.4, -0.2) is 35.0 Å². The van der Waals surface area contributed by atoms with Gasteiger partial charge in [0.15, 0.2) is 0 Å². The Kier molecular flexibility index (Phi) is 6.92. The standard InChI is InChI=1S/C26H30N4O/c1-20(10-11-21-8-4-2-5-9-21)29-26(31)23-14-12-22(13-15-23)24-18-25(28-19-27-24)30-16-6-3-7-17-30/h2,4-5,8-9,12-15,18-20H,3,6-7,10-11,16-17H2,1H3,(H,29,31). The van der Waals surface area contributed by atoms with E-state index in [1.807, 2.05) is 48.5 Å². The summed E-state index contributed by atoms with van der Waals surface area (Å²) in [6.45, 7) is 4.16. The van der Waals surface area contributed by atoms with Crippen molar-refractivity contribution in [1.82, 2.24) is 15.3 Å². The lowest BCUT2D eigenvalue weighted by Gasteiger charge is -2.27. The molecule has 0 aliphatic carbocycles. The zero-order chi connectivity index (χ0) is 21.5. The molecule has 3 aromatic rings. The second-order valence-corrected chi connectivity index (χ2v) is 8.29. The number of aryl methyl sites for hydroxylation is 1. The first kappa shape index (κ1) is 21.0. The van der Waals surface area contributed by atoms with Gasteiger partial charge in [-0.25, -0.2) is 9.97 Å². The molecule has 1 saturated heterocycles. The molecule has 1 aliphatic rings. The van der Waals surface area contributed by atoms with Gasteiger partial charge in [-0.15, -0.1) is 0 Å². The van der Waals surface area contributed by atoms with Gasteiger partial charge >= 0.3 is 0 Å². The summed E-state index contributed by atoms with van der Waals surface area (Å²) in [5, 5.41) is 3.11. The average Bonchev–Trinajstić information content (AvgIpc) is 2.84. The van der Waals surface area contributed by atoms with Crippen LogP contribution in [0.5, 0.6) is 0 Å². The Bertz CT molecular complexity index is 982. The Labute approximate surface area is 184 Å². The summed E-state index contributed by atoms with van der Waals surface area (Å²) < 4.78 is 0. The van der Waals surface area contributed by atoms with Crippen LogP contribution < -0.4 is 10.2 Å². The Balaban J connectivity index is 1.36. The van der Waals surface area contributed by atoms with Crippen LogP contribution in [0.15, 0.2) is 67.0 Å². The molecule has 0 radical (unpaired) electrons. The number of amides is 1. The number of aromatic nitrogens is 2. The number of carbonyl (C=O) groups excluding carboxylic acids is 1. The molecule has 1 aliphatic heterocycles. The molecule has 160 valence electrons. The van der Waals surface area contributed by atoms with Crippen molar-refractivity contribution in [1.29, 1.82) is 0 Å². The van der Waals surface area contributed by atoms with Crippen molar-refractivity contribution >= 4 is 11.7 Å². The van der Waals surface area contributed by atoms with Gasteiger partial charge in [0.25, 0.3) is 5.91 Å². The van der Waals surface area contributed by atoms with Crippen molar-refractivity contribution in [2.24, 2.45) is 0 Å². The minimum Gasteiger partial charge on any atom is -0.357 e. The van der Waals surface area contributed by atoms with Gasteiger partial charge in [-0.1, -0.05) is 42.5 Å². The van der Waals surface area contributed by atoms with Crippen molar-refractivity contribution in [3.8, 4) is 11.3 Å². The van der Waals surface area contributed by atoms with Gasteiger partial charge < -0.3 is 10.2 Å². The summed E-state index contributed by atoms with van der Waals surface area (Å²) >= 11 is 0. The molecular formula is C26H30N4O. The molecule has 31 heavy (non-hydrogen) atoms. The number of piperidine rings is 1. The largest absolute Gasteiger partial charge is 0.357 e. The zero-order valence-electron chi connectivity index (χ0n) is 18.1. The molecule has 0 bridgehead atoms. The van der Waals surface area contributed by atoms with Crippen LogP contribution in [0.3, 0.4) is 0 Å². The van der Waals surface area contributed by atoms with Crippen molar-refractivity contribution in [3.63, 3.8) is 0 Å². The zero-order valence-corrected chi connectivity index (χ0v) is 18.1. The molecular weight excluding hydrogens is 384 g/mol. The highest BCUT2D eigenvalue weighted by atomic mass is 16.1. The molecule has 5 heteroatoms. The van der Waals surface area contributed by atoms with Crippen molar-refractivity contribution in [3.05, 3.63) is 78.1 Å². The minimum atomic E-state index is -0.0381. The highest BCUT2D eigenvalue weighted by Gasteiger charge is 2.14. The number of nitrogens with one attached hydrogen (secondary N) is 1. The SMILES string of the molecule is CC(CCc1ccccc1)NC(=O)c1ccc(-c2cc(N3CCCCC3)ncn2)cc1. The molecule has 1 aromatic heterocycles. The van der Waals surface area contributed by atoms with Crippen molar-refractivity contribution in [2.45, 2.75) is 45.1 Å². The highest BCUT2D eigenvalue weighted by molar-refractivity contribution is 5.94. The van der Waals surface area contributed by atoms with E-state index < -0.39 is 0 Å². The third-order valence-corrected chi connectivity index (χ3v) is 5.86. The maximum atomic E-state index is 12.6. The Morgan fingerprint density at radius 1 is 1.00 bits per heavy atom. The van der Waals surface area contributed by atoms with Crippen LogP contribution in [-0.2, 0) is 6.42 Å². The van der Waals surface area contributed by atoms with Gasteiger partial charge in [0.2, 0.25) is 0 Å². The third-order valence-electron chi connectivity index (χ3n) is 5.86. The third kappa shape index (κ3) is 5.69. The molecule has 4 rings (SSSR count). The Hall–Kier alpha value is -3.21. The first-order chi connectivity index (χ1) is 15.2. The summed E-state index contributed by atoms with van der Waals surface area (Å²) in [6, 6.07) is 20.2. The highest BCUT2D eigenvalue weighted by Crippen LogP contribution is 2.23. The molecule has 2 heterocycles. The quantitative estimate of drug-likeness (QED) is 0.598. The number of nitrogens with zero attached hydrogens (tertiary/aromatic N) is 3. The lowest BCUT2D eigenvalue weighted by atomic mass is 10.1. The Morgan fingerprint density at radius 2 is 1.74 bits per heavy atom. The normalized spacial score (nSPS) is 14.8. The maximum absolute atomic E-state index is 12.6. The number of carbonyl (C=O) groups is 1. The summed E-state index contributed by atoms with van der Waals surface area (Å²) in [5.74, 6) is 0.947. The lowest BCUT2D eigenvalue weighted by Crippen LogP contribution is -2.32. The molecule has 1 amide bonds. The van der Waals surface area contributed by atoms with Crippen molar-refractivity contribution < 1.29 is 4.79 Å². The van der Waals surface area contributed by atoms with Gasteiger partial charge in [0.1, 0.15) is 12.1 Å². The van der Waals surface area contributed by atoms with E-state index in [9.17, 15) is 4.79 Å². The van der Waals surface area contributed by atoms with E-state index >= 15 is 0 Å². The van der Waals surface area contributed by atoms with E-state index in [4.69, 9.17) is 0 Å².